The van der Waals surface area contributed by atoms with Crippen LogP contribution in [-0.2, 0) is 17.8 Å². The monoisotopic (exact) mass is 374 g/mol. The first-order valence-corrected chi connectivity index (χ1v) is 8.90. The van der Waals surface area contributed by atoms with Crippen LogP contribution in [0.1, 0.15) is 17.0 Å². The van der Waals surface area contributed by atoms with E-state index < -0.39 is 0 Å². The SMILES string of the molecule is Cc1cc(=O)c2oc(-c3ccccc3)c(CC(=O)NCc3ccccn3)c2o1. The zero-order valence-corrected chi connectivity index (χ0v) is 15.3. The van der Waals surface area contributed by atoms with Gasteiger partial charge in [0.2, 0.25) is 16.9 Å². The summed E-state index contributed by atoms with van der Waals surface area (Å²) in [5.41, 5.74) is 2.27. The highest BCUT2D eigenvalue weighted by molar-refractivity contribution is 5.89. The van der Waals surface area contributed by atoms with Gasteiger partial charge in [-0.25, -0.2) is 0 Å². The Morgan fingerprint density at radius 3 is 2.57 bits per heavy atom. The van der Waals surface area contributed by atoms with Gasteiger partial charge in [0.25, 0.3) is 0 Å². The summed E-state index contributed by atoms with van der Waals surface area (Å²) in [6.07, 6.45) is 1.70. The molecule has 6 nitrogen and oxygen atoms in total. The summed E-state index contributed by atoms with van der Waals surface area (Å²) in [5, 5.41) is 2.85. The third-order valence-electron chi connectivity index (χ3n) is 4.35. The van der Waals surface area contributed by atoms with Gasteiger partial charge in [0, 0.05) is 17.8 Å². The quantitative estimate of drug-likeness (QED) is 0.577. The van der Waals surface area contributed by atoms with Crippen molar-refractivity contribution in [2.24, 2.45) is 0 Å². The van der Waals surface area contributed by atoms with Gasteiger partial charge < -0.3 is 14.2 Å². The normalized spacial score (nSPS) is 10.9. The van der Waals surface area contributed by atoms with Crippen LogP contribution in [0.4, 0.5) is 0 Å². The van der Waals surface area contributed by atoms with Crippen molar-refractivity contribution in [1.82, 2.24) is 10.3 Å². The number of furan rings is 1. The molecule has 1 aromatic carbocycles. The van der Waals surface area contributed by atoms with Gasteiger partial charge in [-0.1, -0.05) is 36.4 Å². The Morgan fingerprint density at radius 2 is 1.82 bits per heavy atom. The van der Waals surface area contributed by atoms with Gasteiger partial charge in [0.1, 0.15) is 11.5 Å². The molecule has 0 aliphatic carbocycles. The fourth-order valence-corrected chi connectivity index (χ4v) is 3.06. The molecule has 0 radical (unpaired) electrons. The number of rotatable bonds is 5. The number of hydrogen-bond donors (Lipinski definition) is 1. The molecule has 0 saturated carbocycles. The number of fused-ring (bicyclic) bond motifs is 1. The molecule has 1 amide bonds. The number of nitrogens with zero attached hydrogens (tertiary/aromatic N) is 1. The Kier molecular flexibility index (Phi) is 4.76. The lowest BCUT2D eigenvalue weighted by molar-refractivity contribution is -0.120. The first-order chi connectivity index (χ1) is 13.6. The van der Waals surface area contributed by atoms with E-state index in [1.54, 1.807) is 13.1 Å². The Bertz CT molecular complexity index is 1180. The van der Waals surface area contributed by atoms with Gasteiger partial charge in [-0.05, 0) is 19.1 Å². The van der Waals surface area contributed by atoms with Crippen LogP contribution < -0.4 is 10.7 Å². The molecular weight excluding hydrogens is 356 g/mol. The largest absolute Gasteiger partial charge is 0.457 e. The maximum Gasteiger partial charge on any atom is 0.228 e. The van der Waals surface area contributed by atoms with Gasteiger partial charge in [0.05, 0.1) is 24.2 Å². The smallest absolute Gasteiger partial charge is 0.228 e. The average molecular weight is 374 g/mol. The van der Waals surface area contributed by atoms with Crippen molar-refractivity contribution >= 4 is 17.1 Å². The van der Waals surface area contributed by atoms with Crippen molar-refractivity contribution < 1.29 is 13.6 Å². The summed E-state index contributed by atoms with van der Waals surface area (Å²) < 4.78 is 11.6. The van der Waals surface area contributed by atoms with Crippen molar-refractivity contribution in [3.8, 4) is 11.3 Å². The van der Waals surface area contributed by atoms with Crippen molar-refractivity contribution in [3.05, 3.63) is 88.0 Å². The topological polar surface area (TPSA) is 85.3 Å². The zero-order chi connectivity index (χ0) is 19.5. The van der Waals surface area contributed by atoms with E-state index in [9.17, 15) is 9.59 Å². The van der Waals surface area contributed by atoms with Crippen LogP contribution in [0.2, 0.25) is 0 Å². The molecule has 1 N–H and O–H groups in total. The number of amides is 1. The summed E-state index contributed by atoms with van der Waals surface area (Å²) in [5.74, 6) is 0.720. The summed E-state index contributed by atoms with van der Waals surface area (Å²) in [7, 11) is 0. The number of benzene rings is 1. The number of aryl methyl sites for hydroxylation is 1. The first-order valence-electron chi connectivity index (χ1n) is 8.90. The highest BCUT2D eigenvalue weighted by Crippen LogP contribution is 2.33. The molecule has 0 aliphatic heterocycles. The van der Waals surface area contributed by atoms with E-state index in [-0.39, 0.29) is 23.3 Å². The maximum atomic E-state index is 12.6. The second-order valence-electron chi connectivity index (χ2n) is 6.43. The van der Waals surface area contributed by atoms with E-state index >= 15 is 0 Å². The van der Waals surface area contributed by atoms with Crippen molar-refractivity contribution in [3.63, 3.8) is 0 Å². The average Bonchev–Trinajstić information content (AvgIpc) is 3.06. The fourth-order valence-electron chi connectivity index (χ4n) is 3.06. The first kappa shape index (κ1) is 17.7. The van der Waals surface area contributed by atoms with Crippen molar-refractivity contribution in [2.45, 2.75) is 19.9 Å². The second kappa shape index (κ2) is 7.52. The minimum absolute atomic E-state index is 0.0243. The van der Waals surface area contributed by atoms with Gasteiger partial charge in [-0.2, -0.15) is 0 Å². The summed E-state index contributed by atoms with van der Waals surface area (Å²) in [4.78, 5) is 29.1. The molecule has 0 spiro atoms. The number of nitrogens with one attached hydrogen (secondary N) is 1. The van der Waals surface area contributed by atoms with E-state index in [1.807, 2.05) is 48.5 Å². The van der Waals surface area contributed by atoms with Crippen LogP contribution in [0.5, 0.6) is 0 Å². The summed E-state index contributed by atoms with van der Waals surface area (Å²) in [6, 6.07) is 16.3. The summed E-state index contributed by atoms with van der Waals surface area (Å²) in [6.45, 7) is 2.01. The Hall–Kier alpha value is -3.67. The van der Waals surface area contributed by atoms with E-state index in [2.05, 4.69) is 10.3 Å². The number of hydrogen-bond acceptors (Lipinski definition) is 5. The van der Waals surface area contributed by atoms with Crippen molar-refractivity contribution in [1.29, 1.82) is 0 Å². The Morgan fingerprint density at radius 1 is 1.04 bits per heavy atom. The molecule has 28 heavy (non-hydrogen) atoms. The van der Waals surface area contributed by atoms with E-state index in [1.165, 1.54) is 6.07 Å². The molecule has 6 heteroatoms. The standard InChI is InChI=1S/C22H18N2O4/c1-14-11-18(25)22-21(27-14)17(20(28-22)15-7-3-2-4-8-15)12-19(26)24-13-16-9-5-6-10-23-16/h2-11H,12-13H2,1H3,(H,24,26). The van der Waals surface area contributed by atoms with Gasteiger partial charge >= 0.3 is 0 Å². The molecular formula is C22H18N2O4. The third kappa shape index (κ3) is 3.57. The van der Waals surface area contributed by atoms with Crippen LogP contribution in [0.3, 0.4) is 0 Å². The van der Waals surface area contributed by atoms with E-state index in [4.69, 9.17) is 8.83 Å². The molecule has 3 heterocycles. The molecule has 0 fully saturated rings. The molecule has 0 bridgehead atoms. The molecule has 0 unspecified atom stereocenters. The Labute approximate surface area is 160 Å². The van der Waals surface area contributed by atoms with Crippen LogP contribution in [-0.4, -0.2) is 10.9 Å². The molecule has 0 saturated heterocycles. The van der Waals surface area contributed by atoms with Gasteiger partial charge in [-0.15, -0.1) is 0 Å². The number of carbonyl (C=O) groups excluding carboxylic acids is 1. The molecule has 0 aliphatic rings. The molecule has 0 atom stereocenters. The van der Waals surface area contributed by atoms with E-state index in [0.717, 1.165) is 11.3 Å². The number of aromatic nitrogens is 1. The predicted octanol–water partition coefficient (Wildman–Crippen LogP) is 3.62. The highest BCUT2D eigenvalue weighted by atomic mass is 16.4. The third-order valence-corrected chi connectivity index (χ3v) is 4.35. The zero-order valence-electron chi connectivity index (χ0n) is 15.3. The molecule has 4 rings (SSSR count). The van der Waals surface area contributed by atoms with Crippen LogP contribution in [0.15, 0.2) is 74.4 Å². The maximum absolute atomic E-state index is 12.6. The molecule has 140 valence electrons. The number of pyridine rings is 1. The van der Waals surface area contributed by atoms with Crippen LogP contribution in [0, 0.1) is 6.92 Å². The predicted molar refractivity (Wildman–Crippen MR) is 105 cm³/mol. The fraction of sp³-hybridized carbons (Fsp3) is 0.136. The lowest BCUT2D eigenvalue weighted by Crippen LogP contribution is -2.25. The van der Waals surface area contributed by atoms with E-state index in [0.29, 0.717) is 29.2 Å². The number of carbonyl (C=O) groups is 1. The van der Waals surface area contributed by atoms with Crippen molar-refractivity contribution in [2.75, 3.05) is 0 Å². The lowest BCUT2D eigenvalue weighted by atomic mass is 10.1. The Balaban J connectivity index is 1.70. The van der Waals surface area contributed by atoms with Crippen LogP contribution in [0.25, 0.3) is 22.5 Å². The molecule has 4 aromatic rings. The molecule has 3 aromatic heterocycles. The van der Waals surface area contributed by atoms with Gasteiger partial charge in [0.15, 0.2) is 5.58 Å². The minimum atomic E-state index is -0.268. The summed E-state index contributed by atoms with van der Waals surface area (Å²) >= 11 is 0. The lowest BCUT2D eigenvalue weighted by Gasteiger charge is -2.06. The van der Waals surface area contributed by atoms with Gasteiger partial charge in [-0.3, -0.25) is 14.6 Å². The van der Waals surface area contributed by atoms with Crippen LogP contribution >= 0.6 is 0 Å². The minimum Gasteiger partial charge on any atom is -0.457 e. The highest BCUT2D eigenvalue weighted by Gasteiger charge is 2.22. The second-order valence-corrected chi connectivity index (χ2v) is 6.43.